The van der Waals surface area contributed by atoms with Gasteiger partial charge in [0.2, 0.25) is 0 Å². The molecule has 0 saturated heterocycles. The summed E-state index contributed by atoms with van der Waals surface area (Å²) in [5, 5.41) is 11.7. The van der Waals surface area contributed by atoms with E-state index >= 15 is 0 Å². The molecule has 13 heavy (non-hydrogen) atoms. The summed E-state index contributed by atoms with van der Waals surface area (Å²) in [6.45, 7) is 0. The van der Waals surface area contributed by atoms with Crippen molar-refractivity contribution in [1.82, 2.24) is 0 Å². The van der Waals surface area contributed by atoms with Crippen LogP contribution in [0.5, 0.6) is 0 Å². The van der Waals surface area contributed by atoms with Crippen LogP contribution in [0.2, 0.25) is 0 Å². The molecule has 0 saturated carbocycles. The van der Waals surface area contributed by atoms with Gasteiger partial charge < -0.3 is 5.21 Å². The average molecular weight is 209 g/mol. The predicted molar refractivity (Wildman–Crippen MR) is 55.0 cm³/mol. The molecule has 4 heteroatoms. The molecule has 0 spiro atoms. The highest BCUT2D eigenvalue weighted by Crippen LogP contribution is 2.24. The topological polar surface area (TPSA) is 32.6 Å². The maximum Gasteiger partial charge on any atom is 0.166 e. The van der Waals surface area contributed by atoms with E-state index in [4.69, 9.17) is 5.21 Å². The number of rotatable bonds is 1. The summed E-state index contributed by atoms with van der Waals surface area (Å²) in [6, 6.07) is 11.9. The molecule has 1 aromatic carbocycles. The van der Waals surface area contributed by atoms with Crippen molar-refractivity contribution >= 4 is 20.7 Å². The Balaban J connectivity index is 2.48. The molecule has 0 atom stereocenters. The van der Waals surface area contributed by atoms with Gasteiger partial charge in [0.1, 0.15) is 0 Å². The van der Waals surface area contributed by atoms with Gasteiger partial charge in [-0.2, -0.15) is 0 Å². The fourth-order valence-corrected chi connectivity index (χ4v) is 3.07. The lowest BCUT2D eigenvalue weighted by Crippen LogP contribution is -1.87. The van der Waals surface area contributed by atoms with E-state index in [-0.39, 0.29) is 0 Å². The van der Waals surface area contributed by atoms with Gasteiger partial charge in [0.15, 0.2) is 4.67 Å². The Morgan fingerprint density at radius 3 is 2.46 bits per heavy atom. The van der Waals surface area contributed by atoms with Crippen molar-refractivity contribution in [3.05, 3.63) is 41.1 Å². The summed E-state index contributed by atoms with van der Waals surface area (Å²) in [5.74, 6) is 0. The summed E-state index contributed by atoms with van der Waals surface area (Å²) in [5.41, 5.74) is 1.17. The SMILES string of the molecule is ON=c1cc(-c2ccccc2)ss1. The maximum absolute atomic E-state index is 8.54. The minimum Gasteiger partial charge on any atom is -0.410 e. The number of benzene rings is 1. The Morgan fingerprint density at radius 2 is 1.85 bits per heavy atom. The Hall–Kier alpha value is -1.13. The van der Waals surface area contributed by atoms with Crippen molar-refractivity contribution in [3.8, 4) is 10.4 Å². The third kappa shape index (κ3) is 1.79. The summed E-state index contributed by atoms with van der Waals surface area (Å²) < 4.78 is 0.656. The molecule has 1 heterocycles. The zero-order chi connectivity index (χ0) is 9.10. The lowest BCUT2D eigenvalue weighted by Gasteiger charge is -1.92. The zero-order valence-electron chi connectivity index (χ0n) is 6.68. The number of hydrogen-bond donors (Lipinski definition) is 1. The zero-order valence-corrected chi connectivity index (χ0v) is 8.31. The predicted octanol–water partition coefficient (Wildman–Crippen LogP) is 2.77. The van der Waals surface area contributed by atoms with Crippen LogP contribution < -0.4 is 4.67 Å². The van der Waals surface area contributed by atoms with Crippen LogP contribution in [0.25, 0.3) is 10.4 Å². The van der Waals surface area contributed by atoms with Gasteiger partial charge in [0.25, 0.3) is 0 Å². The summed E-state index contributed by atoms with van der Waals surface area (Å²) in [4.78, 5) is 1.14. The van der Waals surface area contributed by atoms with Crippen molar-refractivity contribution in [2.24, 2.45) is 5.16 Å². The van der Waals surface area contributed by atoms with Gasteiger partial charge in [0, 0.05) is 4.88 Å². The molecule has 1 N–H and O–H groups in total. The molecule has 1 aromatic heterocycles. The molecule has 2 aromatic rings. The van der Waals surface area contributed by atoms with Crippen LogP contribution in [-0.4, -0.2) is 5.21 Å². The first-order chi connectivity index (χ1) is 6.40. The van der Waals surface area contributed by atoms with Gasteiger partial charge >= 0.3 is 0 Å². The van der Waals surface area contributed by atoms with E-state index in [1.807, 2.05) is 36.4 Å². The van der Waals surface area contributed by atoms with Crippen LogP contribution in [0.1, 0.15) is 0 Å². The highest BCUT2D eigenvalue weighted by molar-refractivity contribution is 7.69. The first kappa shape index (κ1) is 8.47. The smallest absolute Gasteiger partial charge is 0.166 e. The van der Waals surface area contributed by atoms with Gasteiger partial charge in [-0.1, -0.05) is 56.2 Å². The molecule has 2 nitrogen and oxygen atoms in total. The number of nitrogens with zero attached hydrogens (tertiary/aromatic N) is 1. The molecule has 0 radical (unpaired) electrons. The second-order valence-electron chi connectivity index (χ2n) is 2.48. The molecular weight excluding hydrogens is 202 g/mol. The van der Waals surface area contributed by atoms with E-state index in [2.05, 4.69) is 5.16 Å². The first-order valence-electron chi connectivity index (χ1n) is 3.74. The molecule has 0 aliphatic carbocycles. The van der Waals surface area contributed by atoms with Crippen LogP contribution >= 0.6 is 20.7 Å². The summed E-state index contributed by atoms with van der Waals surface area (Å²) in [7, 11) is 3.08. The van der Waals surface area contributed by atoms with E-state index in [0.29, 0.717) is 4.67 Å². The summed E-state index contributed by atoms with van der Waals surface area (Å²) >= 11 is 0. The standard InChI is InChI=1S/C9H7NOS2/c11-10-9-6-8(12-13-9)7-4-2-1-3-5-7/h1-6,11H. The summed E-state index contributed by atoms with van der Waals surface area (Å²) in [6.07, 6.45) is 0. The Labute approximate surface area is 82.8 Å². The minimum atomic E-state index is 0.656. The highest BCUT2D eigenvalue weighted by Gasteiger charge is 1.98. The molecular formula is C9H7NOS2. The van der Waals surface area contributed by atoms with Crippen LogP contribution in [0.15, 0.2) is 41.6 Å². The van der Waals surface area contributed by atoms with Gasteiger partial charge in [0.05, 0.1) is 0 Å². The molecule has 0 amide bonds. The van der Waals surface area contributed by atoms with E-state index in [9.17, 15) is 0 Å². The maximum atomic E-state index is 8.54. The quantitative estimate of drug-likeness (QED) is 0.437. The highest BCUT2D eigenvalue weighted by atomic mass is 32.9. The molecule has 0 unspecified atom stereocenters. The number of hydrogen-bond acceptors (Lipinski definition) is 4. The molecule has 0 bridgehead atoms. The van der Waals surface area contributed by atoms with Crippen LogP contribution in [0, 0.1) is 0 Å². The van der Waals surface area contributed by atoms with Crippen molar-refractivity contribution in [2.45, 2.75) is 0 Å². The third-order valence-electron chi connectivity index (χ3n) is 1.63. The fraction of sp³-hybridized carbons (Fsp3) is 0. The van der Waals surface area contributed by atoms with Crippen molar-refractivity contribution in [1.29, 1.82) is 0 Å². The lowest BCUT2D eigenvalue weighted by atomic mass is 10.2. The normalized spacial score (nSPS) is 11.8. The van der Waals surface area contributed by atoms with E-state index in [1.165, 1.54) is 15.9 Å². The second-order valence-corrected chi connectivity index (χ2v) is 4.67. The average Bonchev–Trinajstić information content (AvgIpc) is 2.67. The molecule has 2 rings (SSSR count). The van der Waals surface area contributed by atoms with Gasteiger partial charge in [-0.25, -0.2) is 0 Å². The van der Waals surface area contributed by atoms with E-state index < -0.39 is 0 Å². The lowest BCUT2D eigenvalue weighted by molar-refractivity contribution is 0.304. The molecule has 66 valence electrons. The molecule has 0 aliphatic heterocycles. The van der Waals surface area contributed by atoms with Crippen LogP contribution in [-0.2, 0) is 0 Å². The Morgan fingerprint density at radius 1 is 1.08 bits per heavy atom. The Kier molecular flexibility index (Phi) is 2.42. The molecule has 0 aliphatic rings. The molecule has 0 fully saturated rings. The van der Waals surface area contributed by atoms with Crippen LogP contribution in [0.4, 0.5) is 0 Å². The minimum absolute atomic E-state index is 0.656. The third-order valence-corrected chi connectivity index (χ3v) is 3.92. The van der Waals surface area contributed by atoms with Crippen molar-refractivity contribution < 1.29 is 5.21 Å². The van der Waals surface area contributed by atoms with Crippen LogP contribution in [0.3, 0.4) is 0 Å². The van der Waals surface area contributed by atoms with E-state index in [1.54, 1.807) is 10.3 Å². The Bertz CT molecular complexity index is 444. The second kappa shape index (κ2) is 3.72. The van der Waals surface area contributed by atoms with Crippen molar-refractivity contribution in [3.63, 3.8) is 0 Å². The first-order valence-corrected chi connectivity index (χ1v) is 5.89. The van der Waals surface area contributed by atoms with E-state index in [0.717, 1.165) is 4.88 Å². The van der Waals surface area contributed by atoms with Gasteiger partial charge in [-0.05, 0) is 11.6 Å². The van der Waals surface area contributed by atoms with Gasteiger partial charge in [-0.3, -0.25) is 0 Å². The van der Waals surface area contributed by atoms with Crippen molar-refractivity contribution in [2.75, 3.05) is 0 Å². The fourth-order valence-electron chi connectivity index (χ4n) is 1.03. The monoisotopic (exact) mass is 209 g/mol. The van der Waals surface area contributed by atoms with Gasteiger partial charge in [-0.15, -0.1) is 0 Å². The largest absolute Gasteiger partial charge is 0.410 e.